The Morgan fingerprint density at radius 1 is 0.912 bits per heavy atom. The Balaban J connectivity index is 1.67. The summed E-state index contributed by atoms with van der Waals surface area (Å²) >= 11 is 3.35. The predicted molar refractivity (Wildman–Crippen MR) is 129 cm³/mol. The van der Waals surface area contributed by atoms with Gasteiger partial charge in [-0.3, -0.25) is 4.79 Å². The molecule has 3 aromatic rings. The third-order valence-corrected chi connectivity index (χ3v) is 6.05. The summed E-state index contributed by atoms with van der Waals surface area (Å²) in [4.78, 5) is 25.7. The predicted octanol–water partition coefficient (Wildman–Crippen LogP) is 5.62. The molecule has 0 fully saturated rings. The molecule has 1 aliphatic rings. The van der Waals surface area contributed by atoms with Crippen molar-refractivity contribution in [2.45, 2.75) is 6.92 Å². The molecule has 174 valence electrons. The van der Waals surface area contributed by atoms with Gasteiger partial charge in [0.15, 0.2) is 17.3 Å². The Morgan fingerprint density at radius 3 is 2.29 bits per heavy atom. The molecule has 0 atom stereocenters. The average molecular weight is 525 g/mol. The number of allylic oxidation sites excluding steroid dienone is 1. The summed E-state index contributed by atoms with van der Waals surface area (Å²) in [5, 5.41) is 0. The molecule has 0 bridgehead atoms. The molecule has 0 amide bonds. The van der Waals surface area contributed by atoms with Crippen LogP contribution in [0.1, 0.15) is 31.8 Å². The SMILES string of the molecule is COc1ccc(/C=C2\Oc3c(ccc(OC(=O)c4ccccc4Br)c3C)C2=O)c(OC)c1OC. The number of rotatable bonds is 6. The molecule has 0 saturated carbocycles. The summed E-state index contributed by atoms with van der Waals surface area (Å²) in [5.41, 5.74) is 1.88. The standard InChI is InChI=1S/C26H21BrO7/c1-14-19(34-26(29)16-7-5-6-8-18(16)27)12-10-17-22(28)21(33-23(14)17)13-15-9-11-20(30-2)25(32-4)24(15)31-3/h5-13H,1-4H3/b21-13-. The fraction of sp³-hybridized carbons (Fsp3) is 0.154. The Bertz CT molecular complexity index is 1330. The minimum atomic E-state index is -0.523. The highest BCUT2D eigenvalue weighted by Gasteiger charge is 2.31. The van der Waals surface area contributed by atoms with Crippen LogP contribution in [-0.4, -0.2) is 33.1 Å². The molecule has 0 saturated heterocycles. The summed E-state index contributed by atoms with van der Waals surface area (Å²) in [6.07, 6.45) is 1.58. The average Bonchev–Trinajstić information content (AvgIpc) is 3.16. The molecule has 4 rings (SSSR count). The third-order valence-electron chi connectivity index (χ3n) is 5.35. The highest BCUT2D eigenvalue weighted by atomic mass is 79.9. The van der Waals surface area contributed by atoms with E-state index in [1.807, 2.05) is 6.07 Å². The number of ether oxygens (including phenoxy) is 5. The van der Waals surface area contributed by atoms with Gasteiger partial charge in [0.25, 0.3) is 0 Å². The first-order chi connectivity index (χ1) is 16.4. The number of methoxy groups -OCH3 is 3. The van der Waals surface area contributed by atoms with E-state index in [9.17, 15) is 9.59 Å². The van der Waals surface area contributed by atoms with Crippen LogP contribution in [0.15, 0.2) is 58.8 Å². The van der Waals surface area contributed by atoms with Crippen LogP contribution in [0.4, 0.5) is 0 Å². The van der Waals surface area contributed by atoms with Crippen LogP contribution in [0.3, 0.4) is 0 Å². The van der Waals surface area contributed by atoms with E-state index in [1.165, 1.54) is 21.3 Å². The lowest BCUT2D eigenvalue weighted by Gasteiger charge is -2.14. The van der Waals surface area contributed by atoms with Crippen molar-refractivity contribution in [1.29, 1.82) is 0 Å². The van der Waals surface area contributed by atoms with Crippen molar-refractivity contribution in [1.82, 2.24) is 0 Å². The minimum absolute atomic E-state index is 0.109. The molecule has 3 aromatic carbocycles. The van der Waals surface area contributed by atoms with E-state index in [1.54, 1.807) is 55.5 Å². The van der Waals surface area contributed by atoms with Crippen molar-refractivity contribution < 1.29 is 33.3 Å². The zero-order valence-electron chi connectivity index (χ0n) is 18.9. The van der Waals surface area contributed by atoms with Crippen LogP contribution >= 0.6 is 15.9 Å². The lowest BCUT2D eigenvalue weighted by molar-refractivity contribution is 0.0732. The molecule has 0 N–H and O–H groups in total. The summed E-state index contributed by atoms with van der Waals surface area (Å²) in [5.74, 6) is 1.24. The fourth-order valence-electron chi connectivity index (χ4n) is 3.64. The lowest BCUT2D eigenvalue weighted by Crippen LogP contribution is -2.10. The second kappa shape index (κ2) is 9.61. The maximum atomic E-state index is 13.0. The zero-order chi connectivity index (χ0) is 24.4. The number of carbonyl (C=O) groups excluding carboxylic acids is 2. The number of hydrogen-bond donors (Lipinski definition) is 0. The van der Waals surface area contributed by atoms with Crippen LogP contribution < -0.4 is 23.7 Å². The van der Waals surface area contributed by atoms with Gasteiger partial charge < -0.3 is 23.7 Å². The number of Topliss-reactive ketones (excluding diaryl/α,β-unsaturated/α-hetero) is 1. The topological polar surface area (TPSA) is 80.3 Å². The summed E-state index contributed by atoms with van der Waals surface area (Å²) < 4.78 is 28.3. The summed E-state index contributed by atoms with van der Waals surface area (Å²) in [6, 6.07) is 13.6. The van der Waals surface area contributed by atoms with Crippen molar-refractivity contribution in [2.24, 2.45) is 0 Å². The number of carbonyl (C=O) groups is 2. The van der Waals surface area contributed by atoms with Crippen molar-refractivity contribution in [3.05, 3.63) is 81.0 Å². The van der Waals surface area contributed by atoms with E-state index in [-0.39, 0.29) is 11.5 Å². The van der Waals surface area contributed by atoms with Crippen LogP contribution in [0.2, 0.25) is 0 Å². The first-order valence-electron chi connectivity index (χ1n) is 10.2. The van der Waals surface area contributed by atoms with Gasteiger partial charge in [-0.05, 0) is 65.3 Å². The molecule has 34 heavy (non-hydrogen) atoms. The lowest BCUT2D eigenvalue weighted by atomic mass is 10.1. The maximum absolute atomic E-state index is 13.0. The van der Waals surface area contributed by atoms with Gasteiger partial charge in [-0.1, -0.05) is 12.1 Å². The Hall–Kier alpha value is -3.78. The number of benzene rings is 3. The Labute approximate surface area is 205 Å². The number of ketones is 1. The first kappa shape index (κ1) is 23.4. The summed E-state index contributed by atoms with van der Waals surface area (Å²) in [7, 11) is 4.53. The Kier molecular flexibility index (Phi) is 6.61. The number of fused-ring (bicyclic) bond motifs is 1. The van der Waals surface area contributed by atoms with E-state index < -0.39 is 5.97 Å². The molecule has 0 aromatic heterocycles. The maximum Gasteiger partial charge on any atom is 0.344 e. The monoisotopic (exact) mass is 524 g/mol. The quantitative estimate of drug-likeness (QED) is 0.235. The molecule has 8 heteroatoms. The van der Waals surface area contributed by atoms with Gasteiger partial charge in [-0.15, -0.1) is 0 Å². The molecular weight excluding hydrogens is 504 g/mol. The largest absolute Gasteiger partial charge is 0.493 e. The van der Waals surface area contributed by atoms with E-state index in [0.29, 0.717) is 55.5 Å². The smallest absolute Gasteiger partial charge is 0.344 e. The van der Waals surface area contributed by atoms with E-state index >= 15 is 0 Å². The molecule has 7 nitrogen and oxygen atoms in total. The second-order valence-electron chi connectivity index (χ2n) is 7.30. The van der Waals surface area contributed by atoms with Crippen LogP contribution in [0, 0.1) is 6.92 Å². The van der Waals surface area contributed by atoms with E-state index in [0.717, 1.165) is 0 Å². The first-order valence-corrected chi connectivity index (χ1v) is 11.0. The van der Waals surface area contributed by atoms with Crippen molar-refractivity contribution in [3.63, 3.8) is 0 Å². The molecule has 0 radical (unpaired) electrons. The van der Waals surface area contributed by atoms with E-state index in [2.05, 4.69) is 15.9 Å². The number of hydrogen-bond acceptors (Lipinski definition) is 7. The van der Waals surface area contributed by atoms with Gasteiger partial charge in [0.2, 0.25) is 11.5 Å². The van der Waals surface area contributed by atoms with Crippen molar-refractivity contribution in [3.8, 4) is 28.7 Å². The normalized spacial score (nSPS) is 13.3. The van der Waals surface area contributed by atoms with Gasteiger partial charge in [-0.2, -0.15) is 0 Å². The fourth-order valence-corrected chi connectivity index (χ4v) is 4.09. The number of esters is 1. The van der Waals surface area contributed by atoms with Crippen molar-refractivity contribution in [2.75, 3.05) is 21.3 Å². The van der Waals surface area contributed by atoms with Gasteiger partial charge in [-0.25, -0.2) is 4.79 Å². The van der Waals surface area contributed by atoms with Gasteiger partial charge >= 0.3 is 5.97 Å². The second-order valence-corrected chi connectivity index (χ2v) is 8.15. The molecule has 0 aliphatic carbocycles. The summed E-state index contributed by atoms with van der Waals surface area (Å²) in [6.45, 7) is 1.73. The highest BCUT2D eigenvalue weighted by molar-refractivity contribution is 9.10. The van der Waals surface area contributed by atoms with Gasteiger partial charge in [0, 0.05) is 15.6 Å². The number of halogens is 1. The van der Waals surface area contributed by atoms with Gasteiger partial charge in [0.1, 0.15) is 11.5 Å². The van der Waals surface area contributed by atoms with Crippen LogP contribution in [0.25, 0.3) is 6.08 Å². The van der Waals surface area contributed by atoms with Crippen LogP contribution in [0.5, 0.6) is 28.7 Å². The molecular formula is C26H21BrO7. The molecule has 1 heterocycles. The van der Waals surface area contributed by atoms with Gasteiger partial charge in [0.05, 0.1) is 32.5 Å². The molecule has 1 aliphatic heterocycles. The Morgan fingerprint density at radius 2 is 1.62 bits per heavy atom. The minimum Gasteiger partial charge on any atom is -0.493 e. The van der Waals surface area contributed by atoms with E-state index in [4.69, 9.17) is 23.7 Å². The zero-order valence-corrected chi connectivity index (χ0v) is 20.5. The highest BCUT2D eigenvalue weighted by Crippen LogP contribution is 2.43. The molecule has 0 unspecified atom stereocenters. The third kappa shape index (κ3) is 4.12. The van der Waals surface area contributed by atoms with Crippen LogP contribution in [-0.2, 0) is 0 Å². The molecule has 0 spiro atoms. The van der Waals surface area contributed by atoms with Crippen molar-refractivity contribution >= 4 is 33.8 Å².